The van der Waals surface area contributed by atoms with Crippen molar-refractivity contribution in [2.24, 2.45) is 0 Å². The van der Waals surface area contributed by atoms with Gasteiger partial charge in [0.05, 0.1) is 11.1 Å². The van der Waals surface area contributed by atoms with Crippen LogP contribution in [0.15, 0.2) is 18.5 Å². The van der Waals surface area contributed by atoms with E-state index in [0.717, 1.165) is 19.6 Å². The highest BCUT2D eigenvalue weighted by Gasteiger charge is 2.25. The normalized spacial score (nSPS) is 18.5. The molecule has 0 bridgehead atoms. The Bertz CT molecular complexity index is 707. The van der Waals surface area contributed by atoms with E-state index in [2.05, 4.69) is 16.8 Å². The van der Waals surface area contributed by atoms with Crippen molar-refractivity contribution in [1.82, 2.24) is 24.6 Å². The monoisotopic (exact) mass is 373 g/mol. The molecular weight excluding hydrogens is 346 g/mol. The van der Waals surface area contributed by atoms with Crippen LogP contribution in [0.2, 0.25) is 0 Å². The summed E-state index contributed by atoms with van der Waals surface area (Å²) in [6.07, 6.45) is 3.03. The summed E-state index contributed by atoms with van der Waals surface area (Å²) in [6.45, 7) is 9.84. The van der Waals surface area contributed by atoms with Gasteiger partial charge in [-0.25, -0.2) is 0 Å². The molecule has 1 aromatic heterocycles. The zero-order valence-corrected chi connectivity index (χ0v) is 16.1. The lowest BCUT2D eigenvalue weighted by atomic mass is 10.1. The Balaban J connectivity index is 1.64. The van der Waals surface area contributed by atoms with Crippen LogP contribution in [0.25, 0.3) is 0 Å². The van der Waals surface area contributed by atoms with E-state index in [-0.39, 0.29) is 17.7 Å². The van der Waals surface area contributed by atoms with E-state index in [9.17, 15) is 14.4 Å². The summed E-state index contributed by atoms with van der Waals surface area (Å²) in [7, 11) is 0. The van der Waals surface area contributed by atoms with E-state index < -0.39 is 0 Å². The Labute approximate surface area is 159 Å². The molecule has 8 nitrogen and oxygen atoms in total. The Hall–Kier alpha value is -2.48. The molecule has 146 valence electrons. The molecule has 0 aliphatic carbocycles. The molecule has 3 rings (SSSR count). The highest BCUT2D eigenvalue weighted by atomic mass is 16.2. The maximum absolute atomic E-state index is 12.8. The third-order valence-electron chi connectivity index (χ3n) is 5.35. The van der Waals surface area contributed by atoms with E-state index >= 15 is 0 Å². The first-order chi connectivity index (χ1) is 13.0. The number of hydrogen-bond acceptors (Lipinski definition) is 5. The lowest BCUT2D eigenvalue weighted by Crippen LogP contribution is -2.50. The molecule has 2 aliphatic heterocycles. The minimum atomic E-state index is -0.142. The predicted molar refractivity (Wildman–Crippen MR) is 100 cm³/mol. The Morgan fingerprint density at radius 3 is 1.70 bits per heavy atom. The van der Waals surface area contributed by atoms with E-state index in [0.29, 0.717) is 50.4 Å². The second kappa shape index (κ2) is 8.47. The average Bonchev–Trinajstić information content (AvgIpc) is 2.73. The lowest BCUT2D eigenvalue weighted by molar-refractivity contribution is -0.130. The molecule has 0 N–H and O–H groups in total. The number of carbonyl (C=O) groups excluding carboxylic acids is 3. The molecule has 0 spiro atoms. The summed E-state index contributed by atoms with van der Waals surface area (Å²) in [6, 6.07) is 1.64. The fourth-order valence-electron chi connectivity index (χ4n) is 3.53. The summed E-state index contributed by atoms with van der Waals surface area (Å²) in [5.41, 5.74) is 0.873. The first kappa shape index (κ1) is 19.3. The Morgan fingerprint density at radius 1 is 0.815 bits per heavy atom. The van der Waals surface area contributed by atoms with Crippen LogP contribution in [0.1, 0.15) is 34.6 Å². The van der Waals surface area contributed by atoms with Gasteiger partial charge in [-0.15, -0.1) is 0 Å². The van der Waals surface area contributed by atoms with E-state index in [1.54, 1.807) is 15.9 Å². The summed E-state index contributed by atoms with van der Waals surface area (Å²) >= 11 is 0. The smallest absolute Gasteiger partial charge is 0.255 e. The highest BCUT2D eigenvalue weighted by molar-refractivity contribution is 5.99. The second-order valence-electron chi connectivity index (χ2n) is 6.99. The third kappa shape index (κ3) is 4.44. The molecule has 0 unspecified atom stereocenters. The molecule has 2 fully saturated rings. The van der Waals surface area contributed by atoms with Crippen molar-refractivity contribution < 1.29 is 14.4 Å². The molecule has 3 heterocycles. The second-order valence-corrected chi connectivity index (χ2v) is 6.99. The standard InChI is InChI=1S/C19H27N5O3/c1-3-21-4-6-23(7-5-21)18(26)16-12-17(14-20-13-16)19(27)24-10-8-22(9-11-24)15(2)25/h12-14H,3-11H2,1-2H3. The topological polar surface area (TPSA) is 77.1 Å². The summed E-state index contributed by atoms with van der Waals surface area (Å²) in [5, 5.41) is 0. The minimum absolute atomic E-state index is 0.0273. The van der Waals surface area contributed by atoms with Gasteiger partial charge in [-0.2, -0.15) is 0 Å². The van der Waals surface area contributed by atoms with Gasteiger partial charge in [-0.05, 0) is 12.6 Å². The van der Waals surface area contributed by atoms with Crippen molar-refractivity contribution in [2.45, 2.75) is 13.8 Å². The van der Waals surface area contributed by atoms with Crippen molar-refractivity contribution in [3.63, 3.8) is 0 Å². The first-order valence-electron chi connectivity index (χ1n) is 9.51. The number of hydrogen-bond donors (Lipinski definition) is 0. The van der Waals surface area contributed by atoms with Gasteiger partial charge in [0.25, 0.3) is 11.8 Å². The van der Waals surface area contributed by atoms with Crippen LogP contribution in [0.5, 0.6) is 0 Å². The average molecular weight is 373 g/mol. The van der Waals surface area contributed by atoms with Gasteiger partial charge in [0.2, 0.25) is 5.91 Å². The molecule has 0 saturated carbocycles. The Morgan fingerprint density at radius 2 is 1.26 bits per heavy atom. The van der Waals surface area contributed by atoms with Crippen LogP contribution in [-0.2, 0) is 4.79 Å². The molecular formula is C19H27N5O3. The van der Waals surface area contributed by atoms with Crippen LogP contribution in [0, 0.1) is 0 Å². The molecule has 0 aromatic carbocycles. The van der Waals surface area contributed by atoms with E-state index in [4.69, 9.17) is 0 Å². The van der Waals surface area contributed by atoms with Gasteiger partial charge < -0.3 is 19.6 Å². The fraction of sp³-hybridized carbons (Fsp3) is 0.579. The molecule has 0 atom stereocenters. The van der Waals surface area contributed by atoms with Crippen molar-refractivity contribution >= 4 is 17.7 Å². The highest BCUT2D eigenvalue weighted by Crippen LogP contribution is 2.13. The zero-order valence-electron chi connectivity index (χ0n) is 16.1. The number of piperazine rings is 2. The van der Waals surface area contributed by atoms with Crippen LogP contribution < -0.4 is 0 Å². The van der Waals surface area contributed by atoms with Gasteiger partial charge in [-0.3, -0.25) is 19.4 Å². The molecule has 8 heteroatoms. The van der Waals surface area contributed by atoms with Crippen LogP contribution >= 0.6 is 0 Å². The van der Waals surface area contributed by atoms with Crippen LogP contribution in [-0.4, -0.2) is 101 Å². The van der Waals surface area contributed by atoms with Gasteiger partial charge >= 0.3 is 0 Å². The van der Waals surface area contributed by atoms with Gasteiger partial charge in [0.1, 0.15) is 0 Å². The fourth-order valence-corrected chi connectivity index (χ4v) is 3.53. The number of pyridine rings is 1. The third-order valence-corrected chi connectivity index (χ3v) is 5.35. The molecule has 2 aliphatic rings. The molecule has 27 heavy (non-hydrogen) atoms. The van der Waals surface area contributed by atoms with Crippen molar-refractivity contribution in [1.29, 1.82) is 0 Å². The number of rotatable bonds is 3. The van der Waals surface area contributed by atoms with Gasteiger partial charge in [0.15, 0.2) is 0 Å². The molecule has 2 saturated heterocycles. The van der Waals surface area contributed by atoms with Crippen molar-refractivity contribution in [3.05, 3.63) is 29.6 Å². The van der Waals surface area contributed by atoms with Gasteiger partial charge in [0, 0.05) is 71.7 Å². The van der Waals surface area contributed by atoms with Crippen LogP contribution in [0.3, 0.4) is 0 Å². The predicted octanol–water partition coefficient (Wildman–Crippen LogP) is 0.164. The maximum atomic E-state index is 12.8. The molecule has 3 amide bonds. The van der Waals surface area contributed by atoms with E-state index in [1.165, 1.54) is 19.3 Å². The van der Waals surface area contributed by atoms with E-state index in [1.807, 2.05) is 4.90 Å². The summed E-state index contributed by atoms with van der Waals surface area (Å²) in [5.74, 6) is -0.190. The largest absolute Gasteiger partial charge is 0.339 e. The quantitative estimate of drug-likeness (QED) is 0.755. The van der Waals surface area contributed by atoms with Crippen LogP contribution in [0.4, 0.5) is 0 Å². The zero-order chi connectivity index (χ0) is 19.4. The van der Waals surface area contributed by atoms with Crippen molar-refractivity contribution in [2.75, 3.05) is 58.9 Å². The minimum Gasteiger partial charge on any atom is -0.339 e. The number of carbonyl (C=O) groups is 3. The maximum Gasteiger partial charge on any atom is 0.255 e. The number of aromatic nitrogens is 1. The first-order valence-corrected chi connectivity index (χ1v) is 9.51. The summed E-state index contributed by atoms with van der Waals surface area (Å²) < 4.78 is 0. The lowest BCUT2D eigenvalue weighted by Gasteiger charge is -2.34. The van der Waals surface area contributed by atoms with Crippen molar-refractivity contribution in [3.8, 4) is 0 Å². The molecule has 0 radical (unpaired) electrons. The number of nitrogens with zero attached hydrogens (tertiary/aromatic N) is 5. The van der Waals surface area contributed by atoms with Gasteiger partial charge in [-0.1, -0.05) is 6.92 Å². The summed E-state index contributed by atoms with van der Waals surface area (Å²) in [4.78, 5) is 48.6. The molecule has 1 aromatic rings. The number of likely N-dealkylation sites (N-methyl/N-ethyl adjacent to an activating group) is 1. The SMILES string of the molecule is CCN1CCN(C(=O)c2cncc(C(=O)N3CCN(C(C)=O)CC3)c2)CC1. The Kier molecular flexibility index (Phi) is 6.05. The number of amides is 3.